The fraction of sp³-hybridized carbons (Fsp3) is 0.217. The van der Waals surface area contributed by atoms with Crippen LogP contribution in [0.2, 0.25) is 0 Å². The average molecular weight is 414 g/mol. The van der Waals surface area contributed by atoms with Crippen LogP contribution in [0.4, 0.5) is 10.5 Å². The van der Waals surface area contributed by atoms with Crippen molar-refractivity contribution < 1.29 is 9.59 Å². The van der Waals surface area contributed by atoms with E-state index in [9.17, 15) is 9.59 Å². The molecular formula is C23H22N6O2. The molecule has 1 aromatic heterocycles. The average Bonchev–Trinajstić information content (AvgIpc) is 3.26. The minimum absolute atomic E-state index is 0.0996. The van der Waals surface area contributed by atoms with Crippen LogP contribution >= 0.6 is 0 Å². The Morgan fingerprint density at radius 1 is 1.16 bits per heavy atom. The van der Waals surface area contributed by atoms with Crippen molar-refractivity contribution in [3.63, 3.8) is 0 Å². The van der Waals surface area contributed by atoms with E-state index in [1.165, 1.54) is 0 Å². The second-order valence-corrected chi connectivity index (χ2v) is 7.48. The summed E-state index contributed by atoms with van der Waals surface area (Å²) in [6, 6.07) is 18.1. The number of carbonyl (C=O) groups is 2. The number of hydrogen-bond acceptors (Lipinski definition) is 4. The molecule has 31 heavy (non-hydrogen) atoms. The van der Waals surface area contributed by atoms with Crippen molar-refractivity contribution >= 4 is 17.6 Å². The number of likely N-dealkylation sites (tertiary alicyclic amines) is 1. The fourth-order valence-corrected chi connectivity index (χ4v) is 3.85. The van der Waals surface area contributed by atoms with E-state index < -0.39 is 5.91 Å². The fourth-order valence-electron chi connectivity index (χ4n) is 3.85. The maximum absolute atomic E-state index is 12.8. The highest BCUT2D eigenvalue weighted by atomic mass is 16.2. The van der Waals surface area contributed by atoms with Gasteiger partial charge in [0.15, 0.2) is 0 Å². The van der Waals surface area contributed by atoms with Gasteiger partial charge in [-0.25, -0.2) is 9.48 Å². The molecule has 1 saturated heterocycles. The third kappa shape index (κ3) is 4.41. The first kappa shape index (κ1) is 20.2. The Labute approximate surface area is 179 Å². The van der Waals surface area contributed by atoms with Gasteiger partial charge in [-0.15, -0.1) is 0 Å². The number of nitriles is 1. The lowest BCUT2D eigenvalue weighted by Gasteiger charge is -2.32. The van der Waals surface area contributed by atoms with Crippen molar-refractivity contribution in [2.45, 2.75) is 18.8 Å². The summed E-state index contributed by atoms with van der Waals surface area (Å²) in [7, 11) is 0. The van der Waals surface area contributed by atoms with E-state index >= 15 is 0 Å². The number of rotatable bonds is 4. The number of piperidine rings is 1. The van der Waals surface area contributed by atoms with Gasteiger partial charge in [-0.1, -0.05) is 24.3 Å². The summed E-state index contributed by atoms with van der Waals surface area (Å²) in [4.78, 5) is 26.6. The zero-order valence-corrected chi connectivity index (χ0v) is 16.9. The number of nitrogens with two attached hydrogens (primary N) is 1. The minimum atomic E-state index is -0.535. The molecule has 0 saturated carbocycles. The highest BCUT2D eigenvalue weighted by Gasteiger charge is 2.30. The maximum atomic E-state index is 12.8. The molecule has 0 unspecified atom stereocenters. The molecule has 1 aliphatic rings. The third-order valence-corrected chi connectivity index (χ3v) is 5.37. The van der Waals surface area contributed by atoms with Crippen LogP contribution in [0.5, 0.6) is 0 Å². The van der Waals surface area contributed by atoms with Gasteiger partial charge >= 0.3 is 6.03 Å². The molecule has 3 N–H and O–H groups in total. The normalized spacial score (nSPS) is 15.8. The van der Waals surface area contributed by atoms with Gasteiger partial charge in [-0.3, -0.25) is 4.79 Å². The summed E-state index contributed by atoms with van der Waals surface area (Å²) in [6.45, 7) is 1.03. The summed E-state index contributed by atoms with van der Waals surface area (Å²) in [5, 5.41) is 16.5. The molecule has 3 amide bonds. The van der Waals surface area contributed by atoms with Gasteiger partial charge in [0.1, 0.15) is 0 Å². The quantitative estimate of drug-likeness (QED) is 0.681. The van der Waals surface area contributed by atoms with Gasteiger partial charge in [0.05, 0.1) is 28.6 Å². The molecule has 0 radical (unpaired) electrons. The van der Waals surface area contributed by atoms with E-state index in [4.69, 9.17) is 11.0 Å². The van der Waals surface area contributed by atoms with E-state index in [1.54, 1.807) is 40.0 Å². The first-order chi connectivity index (χ1) is 15.0. The van der Waals surface area contributed by atoms with E-state index in [0.29, 0.717) is 35.6 Å². The third-order valence-electron chi connectivity index (χ3n) is 5.37. The van der Waals surface area contributed by atoms with Crippen LogP contribution in [-0.2, 0) is 0 Å². The van der Waals surface area contributed by atoms with Crippen molar-refractivity contribution in [1.29, 1.82) is 5.26 Å². The second kappa shape index (κ2) is 8.71. The van der Waals surface area contributed by atoms with Crippen LogP contribution in [0.1, 0.15) is 40.4 Å². The molecule has 1 fully saturated rings. The molecular weight excluding hydrogens is 392 g/mol. The van der Waals surface area contributed by atoms with Crippen LogP contribution in [0.3, 0.4) is 0 Å². The molecule has 2 heterocycles. The van der Waals surface area contributed by atoms with Crippen LogP contribution in [0.15, 0.2) is 60.8 Å². The summed E-state index contributed by atoms with van der Waals surface area (Å²) in [5.74, 6) is -0.635. The number of anilines is 1. The van der Waals surface area contributed by atoms with Crippen LogP contribution in [0.25, 0.3) is 5.69 Å². The summed E-state index contributed by atoms with van der Waals surface area (Å²) in [5.41, 5.74) is 8.49. The highest BCUT2D eigenvalue weighted by Crippen LogP contribution is 2.29. The largest absolute Gasteiger partial charge is 0.365 e. The zero-order valence-electron chi connectivity index (χ0n) is 16.9. The predicted molar refractivity (Wildman–Crippen MR) is 116 cm³/mol. The van der Waals surface area contributed by atoms with Gasteiger partial charge < -0.3 is 16.0 Å². The number of aromatic nitrogens is 2. The van der Waals surface area contributed by atoms with Gasteiger partial charge in [-0.2, -0.15) is 10.4 Å². The summed E-state index contributed by atoms with van der Waals surface area (Å²) >= 11 is 0. The number of amides is 3. The molecule has 4 rings (SSSR count). The number of benzene rings is 2. The second-order valence-electron chi connectivity index (χ2n) is 7.48. The molecule has 0 spiro atoms. The Hall–Kier alpha value is -4.12. The van der Waals surface area contributed by atoms with E-state index in [2.05, 4.69) is 16.5 Å². The molecule has 1 atom stereocenters. The van der Waals surface area contributed by atoms with Crippen molar-refractivity contribution in [2.75, 3.05) is 18.4 Å². The summed E-state index contributed by atoms with van der Waals surface area (Å²) < 4.78 is 1.65. The number of carbonyl (C=O) groups excluding carboxylic acids is 2. The first-order valence-electron chi connectivity index (χ1n) is 10.1. The smallest absolute Gasteiger partial charge is 0.321 e. The van der Waals surface area contributed by atoms with Gasteiger partial charge in [0.2, 0.25) is 0 Å². The Balaban J connectivity index is 1.54. The highest BCUT2D eigenvalue weighted by molar-refractivity contribution is 5.94. The number of primary amides is 1. The molecule has 1 aliphatic heterocycles. The Kier molecular flexibility index (Phi) is 5.67. The van der Waals surface area contributed by atoms with E-state index in [1.807, 2.05) is 30.3 Å². The molecule has 8 heteroatoms. The number of nitrogens with zero attached hydrogens (tertiary/aromatic N) is 4. The SMILES string of the molecule is N#Cc1cccc(NC(=O)N2CCC[C@H](c3nn(-c4ccccc4)cc3C(N)=O)C2)c1. The van der Waals surface area contributed by atoms with Gasteiger partial charge in [-0.05, 0) is 43.2 Å². The number of urea groups is 1. The molecule has 3 aromatic rings. The van der Waals surface area contributed by atoms with Crippen molar-refractivity contribution in [1.82, 2.24) is 14.7 Å². The lowest BCUT2D eigenvalue weighted by Crippen LogP contribution is -2.42. The van der Waals surface area contributed by atoms with Gasteiger partial charge in [0.25, 0.3) is 5.91 Å². The number of hydrogen-bond donors (Lipinski definition) is 2. The van der Waals surface area contributed by atoms with Gasteiger partial charge in [0, 0.05) is 30.9 Å². The van der Waals surface area contributed by atoms with Crippen LogP contribution < -0.4 is 11.1 Å². The number of para-hydroxylation sites is 1. The standard InChI is InChI=1S/C23H22N6O2/c24-13-16-6-4-8-18(12-16)26-23(31)28-11-5-7-17(14-28)21-20(22(25)30)15-29(27-21)19-9-2-1-3-10-19/h1-4,6,8-10,12,15,17H,5,7,11,14H2,(H2,25,30)(H,26,31)/t17-/m0/s1. The Morgan fingerprint density at radius 2 is 1.97 bits per heavy atom. The predicted octanol–water partition coefficient (Wildman–Crippen LogP) is 3.25. The van der Waals surface area contributed by atoms with Crippen molar-refractivity contribution in [2.24, 2.45) is 5.73 Å². The van der Waals surface area contributed by atoms with Crippen LogP contribution in [-0.4, -0.2) is 39.7 Å². The minimum Gasteiger partial charge on any atom is -0.365 e. The maximum Gasteiger partial charge on any atom is 0.321 e. The number of nitrogens with one attached hydrogen (secondary N) is 1. The van der Waals surface area contributed by atoms with Crippen LogP contribution in [0, 0.1) is 11.3 Å². The molecule has 8 nitrogen and oxygen atoms in total. The first-order valence-corrected chi connectivity index (χ1v) is 10.1. The Morgan fingerprint density at radius 3 is 2.71 bits per heavy atom. The van der Waals surface area contributed by atoms with E-state index in [-0.39, 0.29) is 11.9 Å². The zero-order chi connectivity index (χ0) is 21.8. The molecule has 0 bridgehead atoms. The molecule has 2 aromatic carbocycles. The lowest BCUT2D eigenvalue weighted by molar-refractivity contribution is 0.0998. The summed E-state index contributed by atoms with van der Waals surface area (Å²) in [6.07, 6.45) is 3.24. The monoisotopic (exact) mass is 414 g/mol. The van der Waals surface area contributed by atoms with Crippen molar-refractivity contribution in [3.05, 3.63) is 77.6 Å². The van der Waals surface area contributed by atoms with E-state index in [0.717, 1.165) is 18.5 Å². The topological polar surface area (TPSA) is 117 Å². The van der Waals surface area contributed by atoms with Crippen molar-refractivity contribution in [3.8, 4) is 11.8 Å². The Bertz CT molecular complexity index is 1150. The molecule has 0 aliphatic carbocycles. The lowest BCUT2D eigenvalue weighted by atomic mass is 9.92. The molecule has 156 valence electrons.